The monoisotopic (exact) mass is 432 g/mol. The average Bonchev–Trinajstić information content (AvgIpc) is 3.03. The van der Waals surface area contributed by atoms with Crippen LogP contribution in [0, 0.1) is 19.7 Å². The Morgan fingerprint density at radius 3 is 2.22 bits per heavy atom. The molecular formula is C24H21FN4O3. The van der Waals surface area contributed by atoms with E-state index in [9.17, 15) is 14.0 Å². The van der Waals surface area contributed by atoms with Crippen molar-refractivity contribution < 1.29 is 18.8 Å². The van der Waals surface area contributed by atoms with Crippen molar-refractivity contribution in [1.82, 2.24) is 9.97 Å². The van der Waals surface area contributed by atoms with E-state index < -0.39 is 17.3 Å². The van der Waals surface area contributed by atoms with E-state index in [1.54, 1.807) is 32.9 Å². The fraction of sp³-hybridized carbons (Fsp3) is 0.208. The van der Waals surface area contributed by atoms with Gasteiger partial charge >= 0.3 is 0 Å². The number of nitrogens with zero attached hydrogens (tertiary/aromatic N) is 3. The first-order valence-electron chi connectivity index (χ1n) is 9.93. The van der Waals surface area contributed by atoms with Crippen LogP contribution in [0.3, 0.4) is 0 Å². The fourth-order valence-electron chi connectivity index (χ4n) is 3.46. The number of nitrogens with two attached hydrogens (primary N) is 1. The number of ketones is 1. The lowest BCUT2D eigenvalue weighted by molar-refractivity contribution is -0.128. The van der Waals surface area contributed by atoms with Gasteiger partial charge in [-0.05, 0) is 57.0 Å². The second kappa shape index (κ2) is 7.64. The van der Waals surface area contributed by atoms with E-state index in [2.05, 4.69) is 15.1 Å². The fourth-order valence-corrected chi connectivity index (χ4v) is 3.46. The standard InChI is InChI=1S/C24H21FN4O3/c1-12-5-6-14(21-22(30)24(3,4)32-29-21)8-16(12)18-10-28-19(11-27-18)17-9-15(23(26)31)7-13(2)20(17)25/h5-11H,1-4H3,(H2,26,31). The quantitative estimate of drug-likeness (QED) is 0.676. The van der Waals surface area contributed by atoms with Gasteiger partial charge in [-0.2, -0.15) is 0 Å². The van der Waals surface area contributed by atoms with Crippen LogP contribution in [0.5, 0.6) is 0 Å². The van der Waals surface area contributed by atoms with Gasteiger partial charge in [-0.3, -0.25) is 19.6 Å². The molecule has 0 aliphatic carbocycles. The molecule has 2 aromatic carbocycles. The van der Waals surface area contributed by atoms with Crippen molar-refractivity contribution in [2.45, 2.75) is 33.3 Å². The minimum absolute atomic E-state index is 0.147. The number of aryl methyl sites for hydroxylation is 2. The van der Waals surface area contributed by atoms with Crippen molar-refractivity contribution in [3.8, 4) is 22.5 Å². The molecule has 2 N–H and O–H groups in total. The number of hydrogen-bond acceptors (Lipinski definition) is 6. The van der Waals surface area contributed by atoms with Crippen LogP contribution in [0.1, 0.15) is 40.9 Å². The molecule has 0 unspecified atom stereocenters. The first-order valence-corrected chi connectivity index (χ1v) is 9.93. The van der Waals surface area contributed by atoms with Crippen LogP contribution in [0.15, 0.2) is 47.9 Å². The Labute approximate surface area is 184 Å². The van der Waals surface area contributed by atoms with Crippen LogP contribution >= 0.6 is 0 Å². The number of halogens is 1. The first kappa shape index (κ1) is 21.3. The Morgan fingerprint density at radius 1 is 1.00 bits per heavy atom. The van der Waals surface area contributed by atoms with Gasteiger partial charge < -0.3 is 10.6 Å². The highest BCUT2D eigenvalue weighted by Gasteiger charge is 2.40. The van der Waals surface area contributed by atoms with Gasteiger partial charge in [0, 0.05) is 22.3 Å². The lowest BCUT2D eigenvalue weighted by Gasteiger charge is -2.12. The molecule has 1 amide bonds. The minimum Gasteiger partial charge on any atom is -0.381 e. The smallest absolute Gasteiger partial charge is 0.248 e. The molecule has 0 atom stereocenters. The third-order valence-electron chi connectivity index (χ3n) is 5.38. The molecule has 0 radical (unpaired) electrons. The van der Waals surface area contributed by atoms with Crippen LogP contribution in [-0.4, -0.2) is 33.0 Å². The number of oxime groups is 1. The first-order chi connectivity index (χ1) is 15.1. The van der Waals surface area contributed by atoms with Crippen LogP contribution in [0.2, 0.25) is 0 Å². The van der Waals surface area contributed by atoms with E-state index in [4.69, 9.17) is 10.6 Å². The van der Waals surface area contributed by atoms with Crippen LogP contribution in [0.4, 0.5) is 4.39 Å². The molecule has 8 heteroatoms. The van der Waals surface area contributed by atoms with Crippen molar-refractivity contribution in [2.75, 3.05) is 0 Å². The van der Waals surface area contributed by atoms with Crippen molar-refractivity contribution in [3.05, 3.63) is 70.8 Å². The second-order valence-electron chi connectivity index (χ2n) is 8.21. The summed E-state index contributed by atoms with van der Waals surface area (Å²) in [6.07, 6.45) is 2.96. The molecule has 32 heavy (non-hydrogen) atoms. The van der Waals surface area contributed by atoms with E-state index >= 15 is 0 Å². The normalized spacial score (nSPS) is 14.8. The molecule has 0 bridgehead atoms. The van der Waals surface area contributed by atoms with Crippen molar-refractivity contribution in [3.63, 3.8) is 0 Å². The summed E-state index contributed by atoms with van der Waals surface area (Å²) >= 11 is 0. The molecule has 3 aromatic rings. The van der Waals surface area contributed by atoms with E-state index in [-0.39, 0.29) is 33.9 Å². The van der Waals surface area contributed by atoms with Gasteiger partial charge in [-0.25, -0.2) is 4.39 Å². The van der Waals surface area contributed by atoms with Crippen LogP contribution < -0.4 is 5.73 Å². The zero-order valence-corrected chi connectivity index (χ0v) is 18.1. The Hall–Kier alpha value is -3.94. The lowest BCUT2D eigenvalue weighted by Crippen LogP contribution is -2.33. The van der Waals surface area contributed by atoms with Gasteiger partial charge in [0.15, 0.2) is 11.3 Å². The highest BCUT2D eigenvalue weighted by Crippen LogP contribution is 2.29. The summed E-state index contributed by atoms with van der Waals surface area (Å²) in [6, 6.07) is 8.23. The maximum Gasteiger partial charge on any atom is 0.248 e. The summed E-state index contributed by atoms with van der Waals surface area (Å²) in [7, 11) is 0. The average molecular weight is 432 g/mol. The maximum atomic E-state index is 14.7. The third-order valence-corrected chi connectivity index (χ3v) is 5.38. The van der Waals surface area contributed by atoms with Crippen molar-refractivity contribution >= 4 is 17.4 Å². The molecule has 1 aliphatic heterocycles. The topological polar surface area (TPSA) is 108 Å². The number of amides is 1. The van der Waals surface area contributed by atoms with Gasteiger partial charge in [-0.15, -0.1) is 0 Å². The predicted molar refractivity (Wildman–Crippen MR) is 118 cm³/mol. The summed E-state index contributed by atoms with van der Waals surface area (Å²) in [5.74, 6) is -1.34. The predicted octanol–water partition coefficient (Wildman–Crippen LogP) is 3.75. The molecule has 0 saturated carbocycles. The molecule has 0 fully saturated rings. The number of Topliss-reactive ketones (excluding diaryl/α,β-unsaturated/α-hetero) is 1. The summed E-state index contributed by atoms with van der Waals surface area (Å²) in [6.45, 7) is 6.80. The summed E-state index contributed by atoms with van der Waals surface area (Å²) in [5, 5.41) is 3.95. The second-order valence-corrected chi connectivity index (χ2v) is 8.21. The number of carbonyl (C=O) groups is 2. The van der Waals surface area contributed by atoms with Crippen LogP contribution in [-0.2, 0) is 9.63 Å². The van der Waals surface area contributed by atoms with Crippen molar-refractivity contribution in [2.24, 2.45) is 10.9 Å². The number of rotatable bonds is 4. The minimum atomic E-state index is -0.997. The molecule has 1 aliphatic rings. The summed E-state index contributed by atoms with van der Waals surface area (Å²) < 4.78 is 14.7. The Morgan fingerprint density at radius 2 is 1.66 bits per heavy atom. The zero-order chi connectivity index (χ0) is 23.2. The lowest BCUT2D eigenvalue weighted by atomic mass is 9.93. The number of primary amides is 1. The Bertz CT molecular complexity index is 1300. The molecule has 0 saturated heterocycles. The Balaban J connectivity index is 1.72. The Kier molecular flexibility index (Phi) is 5.08. The van der Waals surface area contributed by atoms with E-state index in [1.807, 2.05) is 13.0 Å². The highest BCUT2D eigenvalue weighted by molar-refractivity contribution is 6.49. The largest absolute Gasteiger partial charge is 0.381 e. The number of hydrogen-bond donors (Lipinski definition) is 1. The third kappa shape index (κ3) is 3.64. The molecule has 1 aromatic heterocycles. The number of carbonyl (C=O) groups excluding carboxylic acids is 2. The van der Waals surface area contributed by atoms with Crippen molar-refractivity contribution in [1.29, 1.82) is 0 Å². The molecule has 0 spiro atoms. The van der Waals surface area contributed by atoms with E-state index in [1.165, 1.54) is 24.5 Å². The molecule has 2 heterocycles. The summed E-state index contributed by atoms with van der Waals surface area (Å²) in [4.78, 5) is 38.1. The molecule has 162 valence electrons. The van der Waals surface area contributed by atoms with Gasteiger partial charge in [-0.1, -0.05) is 17.3 Å². The number of benzene rings is 2. The molecule has 4 rings (SSSR count). The van der Waals surface area contributed by atoms with Gasteiger partial charge in [0.25, 0.3) is 0 Å². The highest BCUT2D eigenvalue weighted by atomic mass is 19.1. The summed E-state index contributed by atoms with van der Waals surface area (Å²) in [5.41, 5.74) is 8.34. The van der Waals surface area contributed by atoms with Gasteiger partial charge in [0.2, 0.25) is 11.7 Å². The maximum absolute atomic E-state index is 14.7. The SMILES string of the molecule is Cc1ccc(C2=NOC(C)(C)C2=O)cc1-c1cnc(-c2cc(C(N)=O)cc(C)c2F)cn1. The molecular weight excluding hydrogens is 411 g/mol. The molecule has 7 nitrogen and oxygen atoms in total. The van der Waals surface area contributed by atoms with Gasteiger partial charge in [0.1, 0.15) is 5.82 Å². The zero-order valence-electron chi connectivity index (χ0n) is 18.1. The van der Waals surface area contributed by atoms with Crippen LogP contribution in [0.25, 0.3) is 22.5 Å². The number of aromatic nitrogens is 2. The van der Waals surface area contributed by atoms with E-state index in [0.29, 0.717) is 11.3 Å². The van der Waals surface area contributed by atoms with Gasteiger partial charge in [0.05, 0.1) is 23.8 Å². The van der Waals surface area contributed by atoms with E-state index in [0.717, 1.165) is 11.1 Å².